The molecule has 2 N–H and O–H groups in total. The molecule has 0 spiro atoms. The van der Waals surface area contributed by atoms with Gasteiger partial charge in [0.05, 0.1) is 5.69 Å². The molecule has 1 saturated heterocycles. The molecule has 0 radical (unpaired) electrons. The predicted octanol–water partition coefficient (Wildman–Crippen LogP) is 5.12. The molecule has 25 heavy (non-hydrogen) atoms. The van der Waals surface area contributed by atoms with E-state index in [1.165, 1.54) is 24.3 Å². The van der Waals surface area contributed by atoms with Gasteiger partial charge >= 0.3 is 6.18 Å². The molecule has 2 aromatic carbocycles. The summed E-state index contributed by atoms with van der Waals surface area (Å²) >= 11 is 0. The molecule has 0 amide bonds. The maximum atomic E-state index is 14.1. The van der Waals surface area contributed by atoms with E-state index in [2.05, 4.69) is 10.3 Å². The van der Waals surface area contributed by atoms with Crippen molar-refractivity contribution in [3.63, 3.8) is 0 Å². The summed E-state index contributed by atoms with van der Waals surface area (Å²) in [7, 11) is 0. The number of benzene rings is 2. The first-order valence-electron chi connectivity index (χ1n) is 8.11. The van der Waals surface area contributed by atoms with E-state index in [4.69, 9.17) is 0 Å². The summed E-state index contributed by atoms with van der Waals surface area (Å²) in [5.74, 6) is -0.425. The Morgan fingerprint density at radius 2 is 1.68 bits per heavy atom. The topological polar surface area (TPSA) is 27.8 Å². The Hall–Kier alpha value is -2.34. The van der Waals surface area contributed by atoms with E-state index in [0.717, 1.165) is 0 Å². The number of hydrogen-bond acceptors (Lipinski definition) is 1. The number of aromatic amines is 1. The number of alkyl halides is 3. The minimum atomic E-state index is -4.44. The largest absolute Gasteiger partial charge is 0.410 e. The van der Waals surface area contributed by atoms with Crippen LogP contribution in [0.15, 0.2) is 48.5 Å². The lowest BCUT2D eigenvalue weighted by atomic mass is 9.84. The molecule has 0 bridgehead atoms. The molecule has 0 saturated carbocycles. The van der Waals surface area contributed by atoms with Crippen molar-refractivity contribution in [2.24, 2.45) is 0 Å². The molecule has 130 valence electrons. The molecule has 1 atom stereocenters. The van der Waals surface area contributed by atoms with Crippen LogP contribution in [0, 0.1) is 5.82 Å². The molecule has 1 aromatic heterocycles. The smallest absolute Gasteiger partial charge is 0.354 e. The quantitative estimate of drug-likeness (QED) is 0.619. The molecule has 1 unspecified atom stereocenters. The minimum absolute atomic E-state index is 0.0213. The minimum Gasteiger partial charge on any atom is -0.354 e. The van der Waals surface area contributed by atoms with Gasteiger partial charge in [-0.2, -0.15) is 13.2 Å². The van der Waals surface area contributed by atoms with Gasteiger partial charge in [-0.05, 0) is 55.3 Å². The van der Waals surface area contributed by atoms with Gasteiger partial charge < -0.3 is 4.98 Å². The number of rotatable bonds is 2. The third-order valence-electron chi connectivity index (χ3n) is 4.90. The van der Waals surface area contributed by atoms with Crippen molar-refractivity contribution in [1.29, 1.82) is 0 Å². The molecule has 4 rings (SSSR count). The van der Waals surface area contributed by atoms with Crippen molar-refractivity contribution >= 4 is 10.9 Å². The SMILES string of the molecule is Fc1ccc(-c2[nH]c3ccccc3c2C2(C(F)(F)F)CCCN2)cc1. The molecular weight excluding hydrogens is 332 g/mol. The molecule has 0 aliphatic carbocycles. The maximum Gasteiger partial charge on any atom is 0.410 e. The van der Waals surface area contributed by atoms with Crippen LogP contribution in [0.1, 0.15) is 18.4 Å². The van der Waals surface area contributed by atoms with Crippen molar-refractivity contribution in [3.8, 4) is 11.3 Å². The van der Waals surface area contributed by atoms with Gasteiger partial charge in [0.1, 0.15) is 11.4 Å². The van der Waals surface area contributed by atoms with Crippen LogP contribution >= 0.6 is 0 Å². The van der Waals surface area contributed by atoms with Crippen LogP contribution < -0.4 is 5.32 Å². The second-order valence-electron chi connectivity index (χ2n) is 6.36. The van der Waals surface area contributed by atoms with Crippen molar-refractivity contribution in [2.45, 2.75) is 24.6 Å². The lowest BCUT2D eigenvalue weighted by Gasteiger charge is -2.33. The van der Waals surface area contributed by atoms with Crippen LogP contribution in [0.2, 0.25) is 0 Å². The third-order valence-corrected chi connectivity index (χ3v) is 4.90. The fraction of sp³-hybridized carbons (Fsp3) is 0.263. The van der Waals surface area contributed by atoms with E-state index >= 15 is 0 Å². The molecule has 2 nitrogen and oxygen atoms in total. The average Bonchev–Trinajstić information content (AvgIpc) is 3.20. The summed E-state index contributed by atoms with van der Waals surface area (Å²) in [4.78, 5) is 3.11. The highest BCUT2D eigenvalue weighted by Crippen LogP contribution is 2.50. The van der Waals surface area contributed by atoms with E-state index in [1.807, 2.05) is 0 Å². The molecule has 1 aliphatic heterocycles. The van der Waals surface area contributed by atoms with E-state index in [-0.39, 0.29) is 12.0 Å². The second-order valence-corrected chi connectivity index (χ2v) is 6.36. The van der Waals surface area contributed by atoms with Gasteiger partial charge in [-0.15, -0.1) is 0 Å². The summed E-state index contributed by atoms with van der Waals surface area (Å²) in [6.07, 6.45) is -4.02. The number of para-hydroxylation sites is 1. The Balaban J connectivity index is 2.04. The second kappa shape index (κ2) is 5.59. The summed E-state index contributed by atoms with van der Waals surface area (Å²) in [6.45, 7) is 0.307. The molecule has 1 fully saturated rings. The summed E-state index contributed by atoms with van der Waals surface area (Å²) in [5.41, 5.74) is -0.359. The summed E-state index contributed by atoms with van der Waals surface area (Å²) in [6, 6.07) is 12.5. The lowest BCUT2D eigenvalue weighted by molar-refractivity contribution is -0.195. The normalized spacial score (nSPS) is 21.1. The maximum absolute atomic E-state index is 14.1. The predicted molar refractivity (Wildman–Crippen MR) is 88.7 cm³/mol. The van der Waals surface area contributed by atoms with Gasteiger partial charge in [0.25, 0.3) is 0 Å². The Kier molecular flexibility index (Phi) is 3.61. The van der Waals surface area contributed by atoms with E-state index in [1.54, 1.807) is 24.3 Å². The Morgan fingerprint density at radius 1 is 0.960 bits per heavy atom. The third kappa shape index (κ3) is 2.43. The van der Waals surface area contributed by atoms with Crippen LogP contribution in [0.5, 0.6) is 0 Å². The highest BCUT2D eigenvalue weighted by molar-refractivity contribution is 5.92. The van der Waals surface area contributed by atoms with E-state index < -0.39 is 17.5 Å². The van der Waals surface area contributed by atoms with Crippen LogP contribution in [0.3, 0.4) is 0 Å². The first-order valence-corrected chi connectivity index (χ1v) is 8.11. The zero-order chi connectivity index (χ0) is 17.7. The number of hydrogen-bond donors (Lipinski definition) is 2. The first kappa shape index (κ1) is 16.1. The van der Waals surface area contributed by atoms with Gasteiger partial charge in [0.15, 0.2) is 0 Å². The Labute approximate surface area is 141 Å². The summed E-state index contributed by atoms with van der Waals surface area (Å²) < 4.78 is 55.7. The number of halogens is 4. The van der Waals surface area contributed by atoms with Crippen LogP contribution in [0.25, 0.3) is 22.2 Å². The van der Waals surface area contributed by atoms with Crippen LogP contribution in [-0.2, 0) is 5.54 Å². The van der Waals surface area contributed by atoms with Gasteiger partial charge in [-0.25, -0.2) is 4.39 Å². The van der Waals surface area contributed by atoms with E-state index in [0.29, 0.717) is 35.1 Å². The van der Waals surface area contributed by atoms with Crippen molar-refractivity contribution in [2.75, 3.05) is 6.54 Å². The van der Waals surface area contributed by atoms with Crippen molar-refractivity contribution < 1.29 is 17.6 Å². The van der Waals surface area contributed by atoms with Crippen LogP contribution in [-0.4, -0.2) is 17.7 Å². The molecule has 6 heteroatoms. The highest BCUT2D eigenvalue weighted by atomic mass is 19.4. The fourth-order valence-corrected chi connectivity index (χ4v) is 3.76. The van der Waals surface area contributed by atoms with Gasteiger partial charge in [0.2, 0.25) is 0 Å². The molecule has 3 aromatic rings. The molecule has 2 heterocycles. The zero-order valence-electron chi connectivity index (χ0n) is 13.3. The van der Waals surface area contributed by atoms with Crippen molar-refractivity contribution in [3.05, 3.63) is 59.9 Å². The summed E-state index contributed by atoms with van der Waals surface area (Å²) in [5, 5.41) is 3.24. The fourth-order valence-electron chi connectivity index (χ4n) is 3.76. The standard InChI is InChI=1S/C19H16F4N2/c20-13-8-6-12(7-9-13)17-16(14-4-1-2-5-15(14)25-17)18(19(21,22)23)10-3-11-24-18/h1-2,4-9,24-25H,3,10-11H2. The molecular formula is C19H16F4N2. The van der Waals surface area contributed by atoms with Gasteiger partial charge in [-0.1, -0.05) is 18.2 Å². The molecule has 1 aliphatic rings. The number of H-pyrrole nitrogens is 1. The van der Waals surface area contributed by atoms with Gasteiger partial charge in [-0.3, -0.25) is 5.32 Å². The Bertz CT molecular complexity index is 903. The monoisotopic (exact) mass is 348 g/mol. The van der Waals surface area contributed by atoms with Gasteiger partial charge in [0, 0.05) is 16.5 Å². The zero-order valence-corrected chi connectivity index (χ0v) is 13.3. The van der Waals surface area contributed by atoms with Crippen LogP contribution in [0.4, 0.5) is 17.6 Å². The van der Waals surface area contributed by atoms with Crippen molar-refractivity contribution in [1.82, 2.24) is 10.3 Å². The number of fused-ring (bicyclic) bond motifs is 1. The highest BCUT2D eigenvalue weighted by Gasteiger charge is 2.59. The van der Waals surface area contributed by atoms with E-state index in [9.17, 15) is 17.6 Å². The number of aromatic nitrogens is 1. The first-order chi connectivity index (χ1) is 11.9. The Morgan fingerprint density at radius 3 is 2.32 bits per heavy atom. The number of nitrogens with one attached hydrogen (secondary N) is 2. The average molecular weight is 348 g/mol. The lowest BCUT2D eigenvalue weighted by Crippen LogP contribution is -2.50.